The largest absolute Gasteiger partial charge is 0.468 e. The number of nitrogens with zero attached hydrogens (tertiary/aromatic N) is 1. The van der Waals surface area contributed by atoms with Crippen LogP contribution in [-0.2, 0) is 13.1 Å². The Hall–Kier alpha value is -1.06. The number of rotatable bonds is 5. The standard InChI is InChI=1S/C14H22N2O/c1-12(2)15-9-13-8-14(17-11-13)10-16-6-4-3-5-7-16/h3-4,8,11-12,15H,5-7,9-10H2,1-2H3. The van der Waals surface area contributed by atoms with Crippen molar-refractivity contribution in [3.63, 3.8) is 0 Å². The van der Waals surface area contributed by atoms with E-state index in [4.69, 9.17) is 4.42 Å². The van der Waals surface area contributed by atoms with E-state index in [1.165, 1.54) is 5.56 Å². The van der Waals surface area contributed by atoms with Gasteiger partial charge in [0.05, 0.1) is 12.8 Å². The molecule has 2 heterocycles. The first-order valence-electron chi connectivity index (χ1n) is 6.41. The van der Waals surface area contributed by atoms with Crippen LogP contribution in [-0.4, -0.2) is 24.0 Å². The summed E-state index contributed by atoms with van der Waals surface area (Å²) >= 11 is 0. The molecule has 1 aliphatic heterocycles. The smallest absolute Gasteiger partial charge is 0.118 e. The second-order valence-corrected chi connectivity index (χ2v) is 4.95. The monoisotopic (exact) mass is 234 g/mol. The molecule has 94 valence electrons. The molecule has 3 nitrogen and oxygen atoms in total. The molecule has 2 rings (SSSR count). The average Bonchev–Trinajstić information content (AvgIpc) is 2.75. The minimum absolute atomic E-state index is 0.514. The van der Waals surface area contributed by atoms with Crippen LogP contribution in [0.2, 0.25) is 0 Å². The van der Waals surface area contributed by atoms with Gasteiger partial charge < -0.3 is 9.73 Å². The van der Waals surface area contributed by atoms with Crippen LogP contribution >= 0.6 is 0 Å². The molecule has 0 saturated heterocycles. The summed E-state index contributed by atoms with van der Waals surface area (Å²) in [5.41, 5.74) is 1.24. The molecule has 0 saturated carbocycles. The summed E-state index contributed by atoms with van der Waals surface area (Å²) < 4.78 is 5.59. The molecule has 1 aromatic rings. The van der Waals surface area contributed by atoms with E-state index in [1.807, 2.05) is 6.26 Å². The van der Waals surface area contributed by atoms with Crippen molar-refractivity contribution in [1.82, 2.24) is 10.2 Å². The first kappa shape index (κ1) is 12.4. The van der Waals surface area contributed by atoms with Crippen molar-refractivity contribution >= 4 is 0 Å². The highest BCUT2D eigenvalue weighted by Gasteiger charge is 2.09. The minimum Gasteiger partial charge on any atom is -0.468 e. The lowest BCUT2D eigenvalue weighted by molar-refractivity contribution is 0.265. The molecule has 1 aromatic heterocycles. The van der Waals surface area contributed by atoms with Crippen LogP contribution < -0.4 is 5.32 Å². The Balaban J connectivity index is 1.83. The summed E-state index contributed by atoms with van der Waals surface area (Å²) in [4.78, 5) is 2.40. The van der Waals surface area contributed by atoms with Crippen LogP contribution in [0.15, 0.2) is 28.9 Å². The molecule has 1 N–H and O–H groups in total. The first-order chi connectivity index (χ1) is 8.24. The van der Waals surface area contributed by atoms with Gasteiger partial charge in [-0.15, -0.1) is 0 Å². The fourth-order valence-corrected chi connectivity index (χ4v) is 1.98. The maximum Gasteiger partial charge on any atom is 0.118 e. The third-order valence-electron chi connectivity index (χ3n) is 2.94. The number of nitrogens with one attached hydrogen (secondary N) is 1. The van der Waals surface area contributed by atoms with Crippen molar-refractivity contribution in [3.05, 3.63) is 35.8 Å². The maximum atomic E-state index is 5.59. The summed E-state index contributed by atoms with van der Waals surface area (Å²) in [7, 11) is 0. The molecule has 0 fully saturated rings. The molecular weight excluding hydrogens is 212 g/mol. The van der Waals surface area contributed by atoms with E-state index < -0.39 is 0 Å². The van der Waals surface area contributed by atoms with Gasteiger partial charge >= 0.3 is 0 Å². The zero-order chi connectivity index (χ0) is 12.1. The minimum atomic E-state index is 0.514. The van der Waals surface area contributed by atoms with E-state index in [-0.39, 0.29) is 0 Å². The van der Waals surface area contributed by atoms with Crippen LogP contribution in [0, 0.1) is 0 Å². The molecule has 0 aromatic carbocycles. The van der Waals surface area contributed by atoms with Gasteiger partial charge in [0.15, 0.2) is 0 Å². The van der Waals surface area contributed by atoms with Crippen LogP contribution in [0.4, 0.5) is 0 Å². The van der Waals surface area contributed by atoms with Gasteiger partial charge in [0, 0.05) is 31.2 Å². The van der Waals surface area contributed by atoms with E-state index in [0.717, 1.165) is 38.4 Å². The Kier molecular flexibility index (Phi) is 4.40. The van der Waals surface area contributed by atoms with Gasteiger partial charge in [-0.05, 0) is 12.5 Å². The molecule has 0 bridgehead atoms. The predicted octanol–water partition coefficient (Wildman–Crippen LogP) is 2.54. The highest BCUT2D eigenvalue weighted by Crippen LogP contribution is 2.12. The van der Waals surface area contributed by atoms with Crippen molar-refractivity contribution < 1.29 is 4.42 Å². The lowest BCUT2D eigenvalue weighted by Gasteiger charge is -2.21. The Morgan fingerprint density at radius 1 is 1.41 bits per heavy atom. The fourth-order valence-electron chi connectivity index (χ4n) is 1.98. The van der Waals surface area contributed by atoms with Crippen molar-refractivity contribution in [3.8, 4) is 0 Å². The number of hydrogen-bond acceptors (Lipinski definition) is 3. The molecule has 0 spiro atoms. The second-order valence-electron chi connectivity index (χ2n) is 4.95. The normalized spacial score (nSPS) is 16.9. The molecule has 3 heteroatoms. The first-order valence-corrected chi connectivity index (χ1v) is 6.41. The van der Waals surface area contributed by atoms with Gasteiger partial charge in [-0.1, -0.05) is 26.0 Å². The lowest BCUT2D eigenvalue weighted by atomic mass is 10.2. The van der Waals surface area contributed by atoms with Gasteiger partial charge in [0.25, 0.3) is 0 Å². The topological polar surface area (TPSA) is 28.4 Å². The molecular formula is C14H22N2O. The van der Waals surface area contributed by atoms with E-state index in [2.05, 4.69) is 42.3 Å². The quantitative estimate of drug-likeness (QED) is 0.794. The summed E-state index contributed by atoms with van der Waals surface area (Å²) in [5.74, 6) is 1.07. The summed E-state index contributed by atoms with van der Waals surface area (Å²) in [6.07, 6.45) is 7.50. The summed E-state index contributed by atoms with van der Waals surface area (Å²) in [6.45, 7) is 8.30. The summed E-state index contributed by atoms with van der Waals surface area (Å²) in [5, 5.41) is 3.39. The van der Waals surface area contributed by atoms with Crippen molar-refractivity contribution in [1.29, 1.82) is 0 Å². The number of furan rings is 1. The predicted molar refractivity (Wildman–Crippen MR) is 69.7 cm³/mol. The molecule has 0 unspecified atom stereocenters. The summed E-state index contributed by atoms with van der Waals surface area (Å²) in [6, 6.07) is 2.67. The van der Waals surface area contributed by atoms with Crippen LogP contribution in [0.1, 0.15) is 31.6 Å². The van der Waals surface area contributed by atoms with Gasteiger partial charge in [0.1, 0.15) is 5.76 Å². The van der Waals surface area contributed by atoms with Gasteiger partial charge in [-0.2, -0.15) is 0 Å². The van der Waals surface area contributed by atoms with Gasteiger partial charge in [-0.3, -0.25) is 4.90 Å². The highest BCUT2D eigenvalue weighted by molar-refractivity contribution is 5.13. The molecule has 0 aliphatic carbocycles. The van der Waals surface area contributed by atoms with Crippen molar-refractivity contribution in [2.24, 2.45) is 0 Å². The SMILES string of the molecule is CC(C)NCc1coc(CN2CC=CCC2)c1. The molecule has 0 radical (unpaired) electrons. The molecule has 0 amide bonds. The van der Waals surface area contributed by atoms with Gasteiger partial charge in [0.2, 0.25) is 0 Å². The zero-order valence-electron chi connectivity index (χ0n) is 10.8. The third kappa shape index (κ3) is 4.02. The van der Waals surface area contributed by atoms with Crippen LogP contribution in [0.5, 0.6) is 0 Å². The van der Waals surface area contributed by atoms with E-state index >= 15 is 0 Å². The fraction of sp³-hybridized carbons (Fsp3) is 0.571. The van der Waals surface area contributed by atoms with Gasteiger partial charge in [-0.25, -0.2) is 0 Å². The maximum absolute atomic E-state index is 5.59. The number of hydrogen-bond donors (Lipinski definition) is 1. The van der Waals surface area contributed by atoms with E-state index in [9.17, 15) is 0 Å². The molecule has 0 atom stereocenters. The lowest BCUT2D eigenvalue weighted by Crippen LogP contribution is -2.26. The van der Waals surface area contributed by atoms with Crippen LogP contribution in [0.3, 0.4) is 0 Å². The Morgan fingerprint density at radius 3 is 3.00 bits per heavy atom. The zero-order valence-corrected chi connectivity index (χ0v) is 10.8. The average molecular weight is 234 g/mol. The highest BCUT2D eigenvalue weighted by atomic mass is 16.3. The van der Waals surface area contributed by atoms with Crippen LogP contribution in [0.25, 0.3) is 0 Å². The third-order valence-corrected chi connectivity index (χ3v) is 2.94. The van der Waals surface area contributed by atoms with Crippen molar-refractivity contribution in [2.75, 3.05) is 13.1 Å². The molecule has 17 heavy (non-hydrogen) atoms. The second kappa shape index (κ2) is 6.03. The Bertz CT molecular complexity index is 368. The Labute approximate surface area is 103 Å². The van der Waals surface area contributed by atoms with E-state index in [1.54, 1.807) is 0 Å². The van der Waals surface area contributed by atoms with E-state index in [0.29, 0.717) is 6.04 Å². The van der Waals surface area contributed by atoms with Crippen molar-refractivity contribution in [2.45, 2.75) is 39.4 Å². The molecule has 1 aliphatic rings. The Morgan fingerprint density at radius 2 is 2.29 bits per heavy atom.